The fraction of sp³-hybridized carbons (Fsp3) is 0. The van der Waals surface area contributed by atoms with Gasteiger partial charge < -0.3 is 36.2 Å². The van der Waals surface area contributed by atoms with Crippen molar-refractivity contribution < 1.29 is 36.2 Å². The van der Waals surface area contributed by atoms with Crippen molar-refractivity contribution in [1.82, 2.24) is 0 Å². The first-order valence-electron chi connectivity index (χ1n) is 5.14. The number of rotatable bonds is 2. The number of hydrogen-bond donors (Lipinski definition) is 0. The Balaban J connectivity index is -0.000000125. The van der Waals surface area contributed by atoms with Crippen molar-refractivity contribution >= 4 is 35.0 Å². The standard InChI is InChI=1S/2C7H6O2.Mg.3H2O/c2*8-7(9)6-4-2-1-3-5-6;;;;/h2*1-5H,(H,8,9);;3*1H2/q;;+2;;;/p-2. The SMILES string of the molecule is O.O.O.O=C([O-])c1ccccc1.O=C([O-])c1ccccc1.[Mg+2]. The third-order valence-electron chi connectivity index (χ3n) is 2.02. The van der Waals surface area contributed by atoms with Gasteiger partial charge in [0.25, 0.3) is 0 Å². The van der Waals surface area contributed by atoms with Gasteiger partial charge in [-0.15, -0.1) is 0 Å². The summed E-state index contributed by atoms with van der Waals surface area (Å²) >= 11 is 0. The van der Waals surface area contributed by atoms with Gasteiger partial charge in [0.2, 0.25) is 0 Å². The van der Waals surface area contributed by atoms with Crippen LogP contribution in [0.15, 0.2) is 60.7 Å². The maximum Gasteiger partial charge on any atom is 2.00 e. The third-order valence-corrected chi connectivity index (χ3v) is 2.02. The van der Waals surface area contributed by atoms with Crippen molar-refractivity contribution in [3.8, 4) is 0 Å². The second-order valence-corrected chi connectivity index (χ2v) is 3.31. The maximum absolute atomic E-state index is 10.1. The zero-order chi connectivity index (χ0) is 13.4. The second kappa shape index (κ2) is 15.4. The van der Waals surface area contributed by atoms with E-state index in [0.717, 1.165) is 0 Å². The average molecular weight is 321 g/mol. The number of carboxylic acid groups (broad SMARTS) is 2. The monoisotopic (exact) mass is 320 g/mol. The van der Waals surface area contributed by atoms with Crippen LogP contribution in [0.25, 0.3) is 0 Å². The normalized spacial score (nSPS) is 7.27. The van der Waals surface area contributed by atoms with E-state index in [0.29, 0.717) is 0 Å². The van der Waals surface area contributed by atoms with Crippen LogP contribution in [-0.4, -0.2) is 51.4 Å². The van der Waals surface area contributed by atoms with Gasteiger partial charge in [-0.05, 0) is 11.1 Å². The summed E-state index contributed by atoms with van der Waals surface area (Å²) in [6.45, 7) is 0. The Bertz CT molecular complexity index is 468. The molecule has 22 heavy (non-hydrogen) atoms. The van der Waals surface area contributed by atoms with E-state index < -0.39 is 11.9 Å². The first kappa shape index (κ1) is 28.2. The van der Waals surface area contributed by atoms with Crippen LogP contribution in [0.4, 0.5) is 0 Å². The smallest absolute Gasteiger partial charge is 0.545 e. The fourth-order valence-electron chi connectivity index (χ4n) is 1.15. The number of carboxylic acids is 2. The van der Waals surface area contributed by atoms with Gasteiger partial charge in [-0.1, -0.05) is 60.7 Å². The molecule has 0 unspecified atom stereocenters. The van der Waals surface area contributed by atoms with Gasteiger partial charge in [0.1, 0.15) is 0 Å². The summed E-state index contributed by atoms with van der Waals surface area (Å²) in [4.78, 5) is 20.2. The molecule has 2 rings (SSSR count). The molecule has 0 bridgehead atoms. The van der Waals surface area contributed by atoms with Gasteiger partial charge in [-0.25, -0.2) is 0 Å². The largest absolute Gasteiger partial charge is 2.00 e. The second-order valence-electron chi connectivity index (χ2n) is 3.31. The van der Waals surface area contributed by atoms with Crippen LogP contribution < -0.4 is 10.2 Å². The summed E-state index contributed by atoms with van der Waals surface area (Å²) in [6.07, 6.45) is 0. The van der Waals surface area contributed by atoms with Crippen LogP contribution in [0.2, 0.25) is 0 Å². The molecule has 0 atom stereocenters. The summed E-state index contributed by atoms with van der Waals surface area (Å²) < 4.78 is 0. The van der Waals surface area contributed by atoms with Crippen molar-refractivity contribution in [3.63, 3.8) is 0 Å². The Morgan fingerprint density at radius 3 is 0.955 bits per heavy atom. The third kappa shape index (κ3) is 10.8. The van der Waals surface area contributed by atoms with Gasteiger partial charge in [-0.2, -0.15) is 0 Å². The van der Waals surface area contributed by atoms with Crippen LogP contribution in [0, 0.1) is 0 Å². The average Bonchev–Trinajstić information content (AvgIpc) is 2.41. The van der Waals surface area contributed by atoms with E-state index in [2.05, 4.69) is 0 Å². The molecule has 6 N–H and O–H groups in total. The van der Waals surface area contributed by atoms with Crippen molar-refractivity contribution in [2.24, 2.45) is 0 Å². The molecule has 0 saturated carbocycles. The van der Waals surface area contributed by atoms with Gasteiger partial charge in [0.15, 0.2) is 0 Å². The van der Waals surface area contributed by atoms with Crippen molar-refractivity contribution in [1.29, 1.82) is 0 Å². The summed E-state index contributed by atoms with van der Waals surface area (Å²) in [6, 6.07) is 16.1. The first-order chi connectivity index (χ1) is 8.61. The van der Waals surface area contributed by atoms with Gasteiger partial charge in [0.05, 0.1) is 11.9 Å². The minimum Gasteiger partial charge on any atom is -0.545 e. The van der Waals surface area contributed by atoms with E-state index in [9.17, 15) is 19.8 Å². The number of carbonyl (C=O) groups excluding carboxylic acids is 2. The maximum atomic E-state index is 10.1. The van der Waals surface area contributed by atoms with Crippen molar-refractivity contribution in [2.45, 2.75) is 0 Å². The molecule has 0 aliphatic heterocycles. The van der Waals surface area contributed by atoms with E-state index in [4.69, 9.17) is 0 Å². The molecule has 2 aromatic carbocycles. The molecule has 0 saturated heterocycles. The van der Waals surface area contributed by atoms with E-state index in [1.807, 2.05) is 0 Å². The molecule has 0 fully saturated rings. The Morgan fingerprint density at radius 2 is 0.818 bits per heavy atom. The molecule has 0 aromatic heterocycles. The number of hydrogen-bond acceptors (Lipinski definition) is 4. The minimum absolute atomic E-state index is 0. The molecule has 0 aliphatic carbocycles. The van der Waals surface area contributed by atoms with Crippen molar-refractivity contribution in [2.75, 3.05) is 0 Å². The molecule has 8 heteroatoms. The van der Waals surface area contributed by atoms with Crippen LogP contribution in [0.3, 0.4) is 0 Å². The Kier molecular flexibility index (Phi) is 19.8. The van der Waals surface area contributed by atoms with E-state index >= 15 is 0 Å². The molecular formula is C14H16MgO7. The van der Waals surface area contributed by atoms with Crippen LogP contribution >= 0.6 is 0 Å². The van der Waals surface area contributed by atoms with E-state index in [-0.39, 0.29) is 50.6 Å². The van der Waals surface area contributed by atoms with E-state index in [1.54, 1.807) is 36.4 Å². The number of aromatic carboxylic acids is 2. The molecule has 0 radical (unpaired) electrons. The summed E-state index contributed by atoms with van der Waals surface area (Å²) in [5.74, 6) is -2.26. The fourth-order valence-corrected chi connectivity index (χ4v) is 1.15. The Labute approximate surface area is 143 Å². The minimum atomic E-state index is -1.13. The summed E-state index contributed by atoms with van der Waals surface area (Å²) in [5, 5.41) is 20.2. The number of carbonyl (C=O) groups is 2. The van der Waals surface area contributed by atoms with Gasteiger partial charge >= 0.3 is 23.1 Å². The first-order valence-corrected chi connectivity index (χ1v) is 5.14. The van der Waals surface area contributed by atoms with Crippen molar-refractivity contribution in [3.05, 3.63) is 71.8 Å². The predicted octanol–water partition coefficient (Wildman–Crippen LogP) is -2.75. The zero-order valence-corrected chi connectivity index (χ0v) is 13.0. The molecule has 0 amide bonds. The molecule has 7 nitrogen and oxygen atoms in total. The van der Waals surface area contributed by atoms with Gasteiger partial charge in [-0.3, -0.25) is 0 Å². The molecule has 116 valence electrons. The number of benzene rings is 2. The Morgan fingerprint density at radius 1 is 0.591 bits per heavy atom. The van der Waals surface area contributed by atoms with Gasteiger partial charge in [0, 0.05) is 0 Å². The topological polar surface area (TPSA) is 175 Å². The van der Waals surface area contributed by atoms with Crippen LogP contribution in [0.5, 0.6) is 0 Å². The summed E-state index contributed by atoms with van der Waals surface area (Å²) in [7, 11) is 0. The summed E-state index contributed by atoms with van der Waals surface area (Å²) in [5.41, 5.74) is 0.440. The molecule has 0 aliphatic rings. The molecule has 0 heterocycles. The quantitative estimate of drug-likeness (QED) is 0.545. The molecule has 0 spiro atoms. The molecule has 2 aromatic rings. The zero-order valence-electron chi connectivity index (χ0n) is 11.6. The predicted molar refractivity (Wildman–Crippen MR) is 78.1 cm³/mol. The van der Waals surface area contributed by atoms with E-state index in [1.165, 1.54) is 24.3 Å². The van der Waals surface area contributed by atoms with Crippen LogP contribution in [-0.2, 0) is 0 Å². The Hall–Kier alpha value is -1.97. The molecular weight excluding hydrogens is 304 g/mol. The van der Waals surface area contributed by atoms with Crippen LogP contribution in [0.1, 0.15) is 20.7 Å².